The van der Waals surface area contributed by atoms with Gasteiger partial charge < -0.3 is 16.8 Å². The molecule has 6 heteroatoms. The fourth-order valence-electron chi connectivity index (χ4n) is 0.939. The van der Waals surface area contributed by atoms with Crippen LogP contribution in [0.1, 0.15) is 26.7 Å². The van der Waals surface area contributed by atoms with Crippen LogP contribution in [0.25, 0.3) is 0 Å². The summed E-state index contributed by atoms with van der Waals surface area (Å²) in [6.07, 6.45) is 1.00. The van der Waals surface area contributed by atoms with Crippen LogP contribution in [0.15, 0.2) is 0 Å². The molecule has 0 aromatic carbocycles. The van der Waals surface area contributed by atoms with Crippen LogP contribution < -0.4 is 16.8 Å². The predicted octanol–water partition coefficient (Wildman–Crippen LogP) is -0.227. The highest BCUT2D eigenvalue weighted by atomic mass is 35.5. The molecule has 0 bridgehead atoms. The number of nitrogens with two attached hydrogens (primary N) is 2. The van der Waals surface area contributed by atoms with E-state index in [-0.39, 0.29) is 37.2 Å². The number of primary amides is 1. The lowest BCUT2D eigenvalue weighted by Gasteiger charge is -2.17. The smallest absolute Gasteiger partial charge is 0.237 e. The zero-order valence-corrected chi connectivity index (χ0v) is 9.97. The second kappa shape index (κ2) is 8.49. The minimum absolute atomic E-state index is 0. The third kappa shape index (κ3) is 7.16. The topological polar surface area (TPSA) is 98.2 Å². The van der Waals surface area contributed by atoms with Gasteiger partial charge in [-0.15, -0.1) is 12.4 Å². The van der Waals surface area contributed by atoms with Gasteiger partial charge in [0.1, 0.15) is 0 Å². The lowest BCUT2D eigenvalue weighted by atomic mass is 9.99. The first-order valence-corrected chi connectivity index (χ1v) is 4.80. The van der Waals surface area contributed by atoms with Crippen LogP contribution in [0.2, 0.25) is 0 Å². The molecule has 2 atom stereocenters. The van der Waals surface area contributed by atoms with Gasteiger partial charge in [0.25, 0.3) is 0 Å². The van der Waals surface area contributed by atoms with Crippen LogP contribution >= 0.6 is 12.4 Å². The molecule has 0 aliphatic rings. The van der Waals surface area contributed by atoms with Crippen molar-refractivity contribution in [2.45, 2.75) is 32.7 Å². The summed E-state index contributed by atoms with van der Waals surface area (Å²) in [7, 11) is 0. The predicted molar refractivity (Wildman–Crippen MR) is 61.5 cm³/mol. The van der Waals surface area contributed by atoms with Crippen molar-refractivity contribution in [1.29, 1.82) is 0 Å². The second-order valence-corrected chi connectivity index (χ2v) is 3.42. The first-order chi connectivity index (χ1) is 6.49. The average Bonchev–Trinajstić information content (AvgIpc) is 2.14. The SMILES string of the molecule is CCC(C)C(N)C(=O)NCCC(N)=O.Cl. The summed E-state index contributed by atoms with van der Waals surface area (Å²) in [5.74, 6) is -0.508. The minimum atomic E-state index is -0.507. The highest BCUT2D eigenvalue weighted by Crippen LogP contribution is 2.04. The molecule has 5 N–H and O–H groups in total. The summed E-state index contributed by atoms with van der Waals surface area (Å²) >= 11 is 0. The van der Waals surface area contributed by atoms with Gasteiger partial charge in [-0.1, -0.05) is 20.3 Å². The van der Waals surface area contributed by atoms with Crippen LogP contribution in [-0.2, 0) is 9.59 Å². The van der Waals surface area contributed by atoms with Gasteiger partial charge >= 0.3 is 0 Å². The summed E-state index contributed by atoms with van der Waals surface area (Å²) < 4.78 is 0. The first kappa shape index (κ1) is 16.6. The number of hydrogen-bond donors (Lipinski definition) is 3. The fraction of sp³-hybridized carbons (Fsp3) is 0.778. The maximum absolute atomic E-state index is 11.3. The number of halogens is 1. The Balaban J connectivity index is 0. The zero-order valence-electron chi connectivity index (χ0n) is 9.16. The van der Waals surface area contributed by atoms with Crippen molar-refractivity contribution < 1.29 is 9.59 Å². The van der Waals surface area contributed by atoms with Gasteiger partial charge in [-0.2, -0.15) is 0 Å². The largest absolute Gasteiger partial charge is 0.370 e. The number of nitrogens with one attached hydrogen (secondary N) is 1. The van der Waals surface area contributed by atoms with E-state index < -0.39 is 11.9 Å². The van der Waals surface area contributed by atoms with Crippen LogP contribution in [0.3, 0.4) is 0 Å². The van der Waals surface area contributed by atoms with E-state index in [1.807, 2.05) is 13.8 Å². The number of hydrogen-bond acceptors (Lipinski definition) is 3. The molecule has 2 amide bonds. The van der Waals surface area contributed by atoms with Crippen LogP contribution in [0.5, 0.6) is 0 Å². The molecular formula is C9H20ClN3O2. The van der Waals surface area contributed by atoms with Crippen molar-refractivity contribution in [2.24, 2.45) is 17.4 Å². The lowest BCUT2D eigenvalue weighted by molar-refractivity contribution is -0.123. The Labute approximate surface area is 96.4 Å². The summed E-state index contributed by atoms with van der Waals surface area (Å²) in [4.78, 5) is 21.7. The molecule has 5 nitrogen and oxygen atoms in total. The molecule has 0 heterocycles. The van der Waals surface area contributed by atoms with E-state index in [0.717, 1.165) is 6.42 Å². The highest BCUT2D eigenvalue weighted by Gasteiger charge is 2.18. The van der Waals surface area contributed by atoms with Crippen molar-refractivity contribution >= 4 is 24.2 Å². The fourth-order valence-corrected chi connectivity index (χ4v) is 0.939. The summed E-state index contributed by atoms with van der Waals surface area (Å²) in [5, 5.41) is 2.56. The average molecular weight is 238 g/mol. The molecular weight excluding hydrogens is 218 g/mol. The van der Waals surface area contributed by atoms with E-state index in [4.69, 9.17) is 11.5 Å². The Morgan fingerprint density at radius 2 is 1.93 bits per heavy atom. The van der Waals surface area contributed by atoms with E-state index >= 15 is 0 Å². The van der Waals surface area contributed by atoms with Crippen molar-refractivity contribution in [3.8, 4) is 0 Å². The van der Waals surface area contributed by atoms with Crippen molar-refractivity contribution in [2.75, 3.05) is 6.54 Å². The Hall–Kier alpha value is -0.810. The zero-order chi connectivity index (χ0) is 11.1. The van der Waals surface area contributed by atoms with Crippen LogP contribution in [-0.4, -0.2) is 24.4 Å². The van der Waals surface area contributed by atoms with Gasteiger partial charge in [0, 0.05) is 13.0 Å². The van der Waals surface area contributed by atoms with E-state index in [2.05, 4.69) is 5.32 Å². The molecule has 0 aromatic rings. The summed E-state index contributed by atoms with van der Waals surface area (Å²) in [6, 6.07) is -0.507. The van der Waals surface area contributed by atoms with Crippen LogP contribution in [0, 0.1) is 5.92 Å². The van der Waals surface area contributed by atoms with Gasteiger partial charge in [0.2, 0.25) is 11.8 Å². The summed E-state index contributed by atoms with van der Waals surface area (Å²) in [6.45, 7) is 4.15. The number of carbonyl (C=O) groups is 2. The Kier molecular flexibility index (Phi) is 9.41. The maximum atomic E-state index is 11.3. The molecule has 0 saturated carbocycles. The van der Waals surface area contributed by atoms with Crippen molar-refractivity contribution in [1.82, 2.24) is 5.32 Å². The number of rotatable bonds is 6. The molecule has 90 valence electrons. The molecule has 0 spiro atoms. The van der Waals surface area contributed by atoms with Gasteiger partial charge in [0.15, 0.2) is 0 Å². The van der Waals surface area contributed by atoms with E-state index in [0.29, 0.717) is 0 Å². The Bertz CT molecular complexity index is 212. The molecule has 0 fully saturated rings. The highest BCUT2D eigenvalue weighted by molar-refractivity contribution is 5.85. The molecule has 0 radical (unpaired) electrons. The quantitative estimate of drug-likeness (QED) is 0.595. The molecule has 0 rings (SSSR count). The van der Waals surface area contributed by atoms with Gasteiger partial charge in [0.05, 0.1) is 6.04 Å². The Morgan fingerprint density at radius 1 is 1.40 bits per heavy atom. The monoisotopic (exact) mass is 237 g/mol. The van der Waals surface area contributed by atoms with Gasteiger partial charge in [-0.25, -0.2) is 0 Å². The van der Waals surface area contributed by atoms with Crippen LogP contribution in [0.4, 0.5) is 0 Å². The second-order valence-electron chi connectivity index (χ2n) is 3.42. The third-order valence-electron chi connectivity index (χ3n) is 2.23. The van der Waals surface area contributed by atoms with E-state index in [1.165, 1.54) is 0 Å². The number of carbonyl (C=O) groups excluding carboxylic acids is 2. The molecule has 15 heavy (non-hydrogen) atoms. The van der Waals surface area contributed by atoms with E-state index in [9.17, 15) is 9.59 Å². The standard InChI is InChI=1S/C9H19N3O2.ClH/c1-3-6(2)8(11)9(14)12-5-4-7(10)13;/h6,8H,3-5,11H2,1-2H3,(H2,10,13)(H,12,14);1H. The van der Waals surface area contributed by atoms with Crippen molar-refractivity contribution in [3.05, 3.63) is 0 Å². The van der Waals surface area contributed by atoms with Gasteiger partial charge in [-0.3, -0.25) is 9.59 Å². The maximum Gasteiger partial charge on any atom is 0.237 e. The lowest BCUT2D eigenvalue weighted by Crippen LogP contribution is -2.45. The number of amides is 2. The Morgan fingerprint density at radius 3 is 2.33 bits per heavy atom. The molecule has 0 saturated heterocycles. The molecule has 0 aromatic heterocycles. The summed E-state index contributed by atoms with van der Waals surface area (Å²) in [5.41, 5.74) is 10.6. The molecule has 0 aliphatic carbocycles. The van der Waals surface area contributed by atoms with Gasteiger partial charge in [-0.05, 0) is 5.92 Å². The molecule has 0 aliphatic heterocycles. The molecule has 2 unspecified atom stereocenters. The van der Waals surface area contributed by atoms with E-state index in [1.54, 1.807) is 0 Å². The minimum Gasteiger partial charge on any atom is -0.370 e. The first-order valence-electron chi connectivity index (χ1n) is 4.80. The normalized spacial score (nSPS) is 13.5. The third-order valence-corrected chi connectivity index (χ3v) is 2.23. The van der Waals surface area contributed by atoms with Crippen molar-refractivity contribution in [3.63, 3.8) is 0 Å².